The summed E-state index contributed by atoms with van der Waals surface area (Å²) in [5.41, 5.74) is 6.63. The van der Waals surface area contributed by atoms with Crippen molar-refractivity contribution in [3.8, 4) is 0 Å². The maximum absolute atomic E-state index is 2.39. The number of hydrogen-bond acceptors (Lipinski definition) is 0. The largest absolute Gasteiger partial charge is 0.0690 e. The SMILES string of the molecule is CC(=Cc1ccccc1)C1(c2ccccc2)C=Cc2ccccc2C1. The molecular formula is C25H22. The molecule has 3 aromatic carbocycles. The van der Waals surface area contributed by atoms with E-state index in [1.165, 1.54) is 27.8 Å². The van der Waals surface area contributed by atoms with Crippen LogP contribution in [0.15, 0.2) is 96.6 Å². The topological polar surface area (TPSA) is 0 Å². The van der Waals surface area contributed by atoms with E-state index in [0.717, 1.165) is 6.42 Å². The van der Waals surface area contributed by atoms with E-state index in [1.807, 2.05) is 0 Å². The Balaban J connectivity index is 1.86. The van der Waals surface area contributed by atoms with Crippen LogP contribution in [0.2, 0.25) is 0 Å². The molecule has 0 heteroatoms. The Kier molecular flexibility index (Phi) is 4.11. The summed E-state index contributed by atoms with van der Waals surface area (Å²) in [7, 11) is 0. The summed E-state index contributed by atoms with van der Waals surface area (Å²) in [4.78, 5) is 0. The molecule has 1 atom stereocenters. The van der Waals surface area contributed by atoms with Crippen molar-refractivity contribution in [1.29, 1.82) is 0 Å². The van der Waals surface area contributed by atoms with Gasteiger partial charge in [0.2, 0.25) is 0 Å². The van der Waals surface area contributed by atoms with Crippen LogP contribution >= 0.6 is 0 Å². The summed E-state index contributed by atoms with van der Waals surface area (Å²) in [6, 6.07) is 30.2. The van der Waals surface area contributed by atoms with Gasteiger partial charge in [-0.3, -0.25) is 0 Å². The van der Waals surface area contributed by atoms with Crippen LogP contribution in [-0.4, -0.2) is 0 Å². The van der Waals surface area contributed by atoms with Gasteiger partial charge in [-0.25, -0.2) is 0 Å². The minimum absolute atomic E-state index is 0.0918. The van der Waals surface area contributed by atoms with Crippen LogP contribution in [0.25, 0.3) is 12.2 Å². The normalized spacial score (nSPS) is 19.5. The highest BCUT2D eigenvalue weighted by Gasteiger charge is 2.34. The Bertz CT molecular complexity index is 917. The van der Waals surface area contributed by atoms with Gasteiger partial charge in [0.25, 0.3) is 0 Å². The maximum Gasteiger partial charge on any atom is 0.0385 e. The molecular weight excluding hydrogens is 300 g/mol. The van der Waals surface area contributed by atoms with Gasteiger partial charge in [0.05, 0.1) is 0 Å². The third kappa shape index (κ3) is 2.96. The second kappa shape index (κ2) is 6.57. The van der Waals surface area contributed by atoms with Crippen LogP contribution in [-0.2, 0) is 11.8 Å². The molecule has 0 aliphatic heterocycles. The molecule has 1 aliphatic rings. The van der Waals surface area contributed by atoms with Gasteiger partial charge in [0.15, 0.2) is 0 Å². The molecule has 0 spiro atoms. The summed E-state index contributed by atoms with van der Waals surface area (Å²) < 4.78 is 0. The third-order valence-electron chi connectivity index (χ3n) is 5.25. The van der Waals surface area contributed by atoms with Crippen LogP contribution in [0.1, 0.15) is 29.2 Å². The molecule has 0 aromatic heterocycles. The van der Waals surface area contributed by atoms with Crippen molar-refractivity contribution in [2.75, 3.05) is 0 Å². The van der Waals surface area contributed by atoms with E-state index in [0.29, 0.717) is 0 Å². The van der Waals surface area contributed by atoms with E-state index in [9.17, 15) is 0 Å². The van der Waals surface area contributed by atoms with E-state index in [4.69, 9.17) is 0 Å². The molecule has 1 unspecified atom stereocenters. The lowest BCUT2D eigenvalue weighted by Crippen LogP contribution is -2.30. The van der Waals surface area contributed by atoms with Crippen LogP contribution in [0.3, 0.4) is 0 Å². The van der Waals surface area contributed by atoms with Crippen molar-refractivity contribution in [3.63, 3.8) is 0 Å². The van der Waals surface area contributed by atoms with E-state index >= 15 is 0 Å². The highest BCUT2D eigenvalue weighted by Crippen LogP contribution is 2.42. The quantitative estimate of drug-likeness (QED) is 0.531. The molecule has 0 saturated carbocycles. The molecule has 1 aliphatic carbocycles. The lowest BCUT2D eigenvalue weighted by Gasteiger charge is -2.36. The first-order valence-electron chi connectivity index (χ1n) is 8.84. The monoisotopic (exact) mass is 322 g/mol. The molecule has 0 fully saturated rings. The van der Waals surface area contributed by atoms with Gasteiger partial charge in [-0.2, -0.15) is 0 Å². The van der Waals surface area contributed by atoms with Crippen molar-refractivity contribution in [2.24, 2.45) is 0 Å². The van der Waals surface area contributed by atoms with E-state index in [-0.39, 0.29) is 5.41 Å². The fourth-order valence-corrected chi connectivity index (χ4v) is 3.81. The molecule has 0 N–H and O–H groups in total. The Morgan fingerprint density at radius 3 is 2.20 bits per heavy atom. The zero-order chi connectivity index (χ0) is 17.1. The van der Waals surface area contributed by atoms with Gasteiger partial charge in [-0.05, 0) is 35.6 Å². The predicted molar refractivity (Wildman–Crippen MR) is 107 cm³/mol. The van der Waals surface area contributed by atoms with Crippen molar-refractivity contribution >= 4 is 12.2 Å². The first-order valence-corrected chi connectivity index (χ1v) is 8.84. The minimum Gasteiger partial charge on any atom is -0.0690 e. The molecule has 0 bridgehead atoms. The van der Waals surface area contributed by atoms with Crippen molar-refractivity contribution < 1.29 is 0 Å². The molecule has 0 amide bonds. The molecule has 0 heterocycles. The Hall–Kier alpha value is -2.86. The molecule has 0 saturated heterocycles. The summed E-state index contributed by atoms with van der Waals surface area (Å²) in [6.07, 6.45) is 8.00. The summed E-state index contributed by atoms with van der Waals surface area (Å²) in [5, 5.41) is 0. The highest BCUT2D eigenvalue weighted by atomic mass is 14.4. The molecule has 3 aromatic rings. The average Bonchev–Trinajstić information content (AvgIpc) is 2.69. The van der Waals surface area contributed by atoms with Crippen LogP contribution in [0.4, 0.5) is 0 Å². The van der Waals surface area contributed by atoms with Crippen LogP contribution in [0, 0.1) is 0 Å². The van der Waals surface area contributed by atoms with E-state index in [2.05, 4.69) is 110 Å². The Morgan fingerprint density at radius 1 is 0.800 bits per heavy atom. The zero-order valence-electron chi connectivity index (χ0n) is 14.5. The fourth-order valence-electron chi connectivity index (χ4n) is 3.81. The second-order valence-electron chi connectivity index (χ2n) is 6.78. The van der Waals surface area contributed by atoms with Crippen molar-refractivity contribution in [2.45, 2.75) is 18.8 Å². The summed E-state index contributed by atoms with van der Waals surface area (Å²) in [5.74, 6) is 0. The van der Waals surface area contributed by atoms with E-state index in [1.54, 1.807) is 0 Å². The Morgan fingerprint density at radius 2 is 1.44 bits per heavy atom. The molecule has 0 nitrogen and oxygen atoms in total. The van der Waals surface area contributed by atoms with Gasteiger partial charge in [-0.15, -0.1) is 0 Å². The fraction of sp³-hybridized carbons (Fsp3) is 0.120. The molecule has 25 heavy (non-hydrogen) atoms. The van der Waals surface area contributed by atoms with Gasteiger partial charge < -0.3 is 0 Å². The van der Waals surface area contributed by atoms with Crippen LogP contribution in [0.5, 0.6) is 0 Å². The first-order chi connectivity index (χ1) is 12.3. The van der Waals surface area contributed by atoms with Gasteiger partial charge in [0, 0.05) is 5.41 Å². The smallest absolute Gasteiger partial charge is 0.0385 e. The lowest BCUT2D eigenvalue weighted by molar-refractivity contribution is 0.622. The van der Waals surface area contributed by atoms with Crippen LogP contribution < -0.4 is 0 Å². The second-order valence-corrected chi connectivity index (χ2v) is 6.78. The average molecular weight is 322 g/mol. The first kappa shape index (κ1) is 15.7. The summed E-state index contributed by atoms with van der Waals surface area (Å²) in [6.45, 7) is 2.26. The third-order valence-corrected chi connectivity index (χ3v) is 5.25. The number of hydrogen-bond donors (Lipinski definition) is 0. The van der Waals surface area contributed by atoms with E-state index < -0.39 is 0 Å². The Labute approximate surface area is 150 Å². The lowest BCUT2D eigenvalue weighted by atomic mass is 9.67. The number of fused-ring (bicyclic) bond motifs is 1. The highest BCUT2D eigenvalue weighted by molar-refractivity contribution is 5.67. The molecule has 122 valence electrons. The summed E-state index contributed by atoms with van der Waals surface area (Å²) >= 11 is 0. The minimum atomic E-state index is -0.0918. The standard InChI is InChI=1S/C25H22/c1-20(18-21-10-4-2-5-11-21)25(24-14-6-3-7-15-24)17-16-22-12-8-9-13-23(22)19-25/h2-18H,19H2,1H3. The maximum atomic E-state index is 2.39. The number of benzene rings is 3. The molecule has 0 radical (unpaired) electrons. The van der Waals surface area contributed by atoms with Gasteiger partial charge >= 0.3 is 0 Å². The van der Waals surface area contributed by atoms with Gasteiger partial charge in [0.1, 0.15) is 0 Å². The van der Waals surface area contributed by atoms with Crippen molar-refractivity contribution in [3.05, 3.63) is 119 Å². The molecule has 4 rings (SSSR count). The number of rotatable bonds is 3. The van der Waals surface area contributed by atoms with Crippen molar-refractivity contribution in [1.82, 2.24) is 0 Å². The predicted octanol–water partition coefficient (Wildman–Crippen LogP) is 6.30. The van der Waals surface area contributed by atoms with Gasteiger partial charge in [-0.1, -0.05) is 109 Å². The number of allylic oxidation sites excluding steroid dienone is 2. The zero-order valence-corrected chi connectivity index (χ0v) is 14.5.